The molecule has 178 valence electrons. The summed E-state index contributed by atoms with van der Waals surface area (Å²) in [5, 5.41) is 3.06. The molecule has 0 radical (unpaired) electrons. The molecule has 4 heterocycles. The van der Waals surface area contributed by atoms with Crippen LogP contribution < -0.4 is 5.32 Å². The lowest BCUT2D eigenvalue weighted by Gasteiger charge is -2.20. The Morgan fingerprint density at radius 2 is 2.00 bits per heavy atom. The van der Waals surface area contributed by atoms with E-state index in [2.05, 4.69) is 34.5 Å². The summed E-state index contributed by atoms with van der Waals surface area (Å²) < 4.78 is 10.0. The normalized spacial score (nSPS) is 14.5. The first-order valence-corrected chi connectivity index (χ1v) is 15.5. The van der Waals surface area contributed by atoms with Gasteiger partial charge in [-0.3, -0.25) is 4.79 Å². The average molecular weight is 469 g/mol. The van der Waals surface area contributed by atoms with Crippen molar-refractivity contribution >= 4 is 25.1 Å². The molecular formula is C24H36N6O2Si. The molecule has 1 aliphatic rings. The summed E-state index contributed by atoms with van der Waals surface area (Å²) in [7, 11) is -1.17. The number of rotatable bonds is 7. The monoisotopic (exact) mass is 468 g/mol. The number of ether oxygens (including phenoxy) is 1. The van der Waals surface area contributed by atoms with Crippen molar-refractivity contribution in [1.82, 2.24) is 29.4 Å². The molecule has 0 saturated carbocycles. The number of nitrogens with one attached hydrogen (secondary N) is 1. The summed E-state index contributed by atoms with van der Waals surface area (Å²) in [6.07, 6.45) is 8.78. The smallest absolute Gasteiger partial charge is 0.255 e. The maximum Gasteiger partial charge on any atom is 0.255 e. The molecule has 1 aliphatic heterocycles. The molecule has 3 aromatic heterocycles. The minimum absolute atomic E-state index is 0.160. The number of fused-ring (bicyclic) bond motifs is 2. The van der Waals surface area contributed by atoms with E-state index in [1.54, 1.807) is 6.20 Å². The molecule has 4 rings (SSSR count). The van der Waals surface area contributed by atoms with E-state index in [0.717, 1.165) is 31.1 Å². The Labute approximate surface area is 196 Å². The van der Waals surface area contributed by atoms with Gasteiger partial charge in [0.05, 0.1) is 18.1 Å². The van der Waals surface area contributed by atoms with Crippen molar-refractivity contribution in [2.45, 2.75) is 84.5 Å². The molecule has 1 amide bonds. The van der Waals surface area contributed by atoms with E-state index in [1.807, 2.05) is 37.9 Å². The molecule has 33 heavy (non-hydrogen) atoms. The van der Waals surface area contributed by atoms with Gasteiger partial charge in [0, 0.05) is 38.7 Å². The zero-order chi connectivity index (χ0) is 23.8. The van der Waals surface area contributed by atoms with E-state index >= 15 is 0 Å². The van der Waals surface area contributed by atoms with Crippen molar-refractivity contribution < 1.29 is 9.53 Å². The largest absolute Gasteiger partial charge is 0.361 e. The molecule has 9 heteroatoms. The fourth-order valence-corrected chi connectivity index (χ4v) is 4.79. The molecule has 0 bridgehead atoms. The van der Waals surface area contributed by atoms with Crippen molar-refractivity contribution in [3.05, 3.63) is 30.0 Å². The lowest BCUT2D eigenvalue weighted by atomic mass is 10.1. The van der Waals surface area contributed by atoms with Gasteiger partial charge >= 0.3 is 0 Å². The summed E-state index contributed by atoms with van der Waals surface area (Å²) in [6.45, 7) is 14.9. The Kier molecular flexibility index (Phi) is 6.46. The first kappa shape index (κ1) is 23.6. The summed E-state index contributed by atoms with van der Waals surface area (Å²) in [6, 6.07) is 1.09. The van der Waals surface area contributed by atoms with Gasteiger partial charge in [0.1, 0.15) is 23.6 Å². The van der Waals surface area contributed by atoms with Crippen LogP contribution in [0.5, 0.6) is 0 Å². The van der Waals surface area contributed by atoms with Gasteiger partial charge in [0.2, 0.25) is 0 Å². The highest BCUT2D eigenvalue weighted by Gasteiger charge is 2.24. The lowest BCUT2D eigenvalue weighted by Crippen LogP contribution is -2.40. The van der Waals surface area contributed by atoms with Crippen LogP contribution in [0.25, 0.3) is 22.6 Å². The van der Waals surface area contributed by atoms with Gasteiger partial charge < -0.3 is 19.2 Å². The number of carbonyl (C=O) groups is 1. The number of amides is 1. The summed E-state index contributed by atoms with van der Waals surface area (Å²) in [5.41, 5.74) is 4.17. The Bertz CT molecular complexity index is 1150. The van der Waals surface area contributed by atoms with Gasteiger partial charge in [0.15, 0.2) is 5.65 Å². The number of hydrogen-bond donors (Lipinski definition) is 1. The van der Waals surface area contributed by atoms with Crippen LogP contribution in [0, 0.1) is 0 Å². The highest BCUT2D eigenvalue weighted by molar-refractivity contribution is 6.76. The highest BCUT2D eigenvalue weighted by atomic mass is 28.3. The third-order valence-electron chi connectivity index (χ3n) is 5.78. The number of nitrogens with zero attached hydrogens (tertiary/aromatic N) is 5. The number of carbonyl (C=O) groups excluding carboxylic acids is 1. The second-order valence-corrected chi connectivity index (χ2v) is 16.8. The Balaban J connectivity index is 1.69. The second kappa shape index (κ2) is 9.02. The zero-order valence-electron chi connectivity index (χ0n) is 20.7. The molecule has 0 aliphatic carbocycles. The van der Waals surface area contributed by atoms with E-state index in [9.17, 15) is 4.79 Å². The molecule has 0 fully saturated rings. The number of imidazole rings is 1. The summed E-state index contributed by atoms with van der Waals surface area (Å²) >= 11 is 0. The quantitative estimate of drug-likeness (QED) is 0.408. The van der Waals surface area contributed by atoms with Gasteiger partial charge in [-0.1, -0.05) is 19.6 Å². The van der Waals surface area contributed by atoms with E-state index < -0.39 is 8.07 Å². The van der Waals surface area contributed by atoms with Crippen molar-refractivity contribution in [2.24, 2.45) is 0 Å². The molecule has 1 N–H and O–H groups in total. The predicted octanol–water partition coefficient (Wildman–Crippen LogP) is 4.47. The van der Waals surface area contributed by atoms with Gasteiger partial charge in [-0.2, -0.15) is 0 Å². The minimum atomic E-state index is -1.17. The number of hydrogen-bond acceptors (Lipinski definition) is 5. The molecule has 3 aromatic rings. The first-order chi connectivity index (χ1) is 15.5. The molecule has 0 atom stereocenters. The van der Waals surface area contributed by atoms with Crippen LogP contribution in [-0.2, 0) is 24.4 Å². The minimum Gasteiger partial charge on any atom is -0.361 e. The lowest BCUT2D eigenvalue weighted by molar-refractivity contribution is 0.0886. The van der Waals surface area contributed by atoms with E-state index in [1.165, 1.54) is 12.1 Å². The second-order valence-electron chi connectivity index (χ2n) is 11.2. The van der Waals surface area contributed by atoms with Crippen LogP contribution in [-0.4, -0.2) is 50.2 Å². The van der Waals surface area contributed by atoms with Crippen molar-refractivity contribution in [3.63, 3.8) is 0 Å². The predicted molar refractivity (Wildman–Crippen MR) is 133 cm³/mol. The number of aromatic nitrogens is 5. The van der Waals surface area contributed by atoms with Crippen molar-refractivity contribution in [1.29, 1.82) is 0 Å². The first-order valence-electron chi connectivity index (χ1n) is 11.8. The van der Waals surface area contributed by atoms with Gasteiger partial charge in [0.25, 0.3) is 5.91 Å². The van der Waals surface area contributed by atoms with Gasteiger partial charge in [-0.15, -0.1) is 0 Å². The summed E-state index contributed by atoms with van der Waals surface area (Å²) in [5.74, 6) is -0.160. The van der Waals surface area contributed by atoms with Crippen molar-refractivity contribution in [3.8, 4) is 11.4 Å². The van der Waals surface area contributed by atoms with Crippen LogP contribution in [0.4, 0.5) is 0 Å². The van der Waals surface area contributed by atoms with Gasteiger partial charge in [-0.05, 0) is 46.1 Å². The van der Waals surface area contributed by atoms with Crippen LogP contribution in [0.3, 0.4) is 0 Å². The molecule has 0 unspecified atom stereocenters. The maximum absolute atomic E-state index is 13.1. The molecule has 0 aromatic carbocycles. The Morgan fingerprint density at radius 3 is 2.73 bits per heavy atom. The van der Waals surface area contributed by atoms with Gasteiger partial charge in [-0.25, -0.2) is 15.0 Å². The maximum atomic E-state index is 13.1. The molecular weight excluding hydrogens is 432 g/mol. The van der Waals surface area contributed by atoms with Crippen molar-refractivity contribution in [2.75, 3.05) is 6.61 Å². The third kappa shape index (κ3) is 5.52. The SMILES string of the molecule is CC(C)(C)NC(=O)c1cn(COCC[Si](C)(C)C)c2ncc(-c3ncn4c3CCCC4)nc12. The van der Waals surface area contributed by atoms with Crippen LogP contribution in [0.1, 0.15) is 49.7 Å². The Morgan fingerprint density at radius 1 is 1.21 bits per heavy atom. The highest BCUT2D eigenvalue weighted by Crippen LogP contribution is 2.28. The van der Waals surface area contributed by atoms with Crippen LogP contribution in [0.15, 0.2) is 18.7 Å². The number of aryl methyl sites for hydroxylation is 1. The fraction of sp³-hybridized carbons (Fsp3) is 0.583. The van der Waals surface area contributed by atoms with E-state index in [-0.39, 0.29) is 11.4 Å². The van der Waals surface area contributed by atoms with Crippen LogP contribution >= 0.6 is 0 Å². The zero-order valence-corrected chi connectivity index (χ0v) is 21.7. The van der Waals surface area contributed by atoms with E-state index in [4.69, 9.17) is 14.7 Å². The molecule has 8 nitrogen and oxygen atoms in total. The average Bonchev–Trinajstić information content (AvgIpc) is 3.30. The topological polar surface area (TPSA) is 86.9 Å². The fourth-order valence-electron chi connectivity index (χ4n) is 4.03. The summed E-state index contributed by atoms with van der Waals surface area (Å²) in [4.78, 5) is 27.4. The third-order valence-corrected chi connectivity index (χ3v) is 7.48. The molecule has 0 saturated heterocycles. The molecule has 0 spiro atoms. The standard InChI is InChI=1S/C24H36N6O2Si/c1-24(2,3)28-23(31)17-14-30(16-32-11-12-33(4,5)6)22-20(17)27-18(13-25-22)21-19-9-7-8-10-29(19)15-26-21/h13-15H,7-12,16H2,1-6H3,(H,28,31). The Hall–Kier alpha value is -2.52. The van der Waals surface area contributed by atoms with E-state index in [0.29, 0.717) is 35.8 Å². The van der Waals surface area contributed by atoms with Crippen LogP contribution in [0.2, 0.25) is 25.7 Å².